The molecule has 1 aliphatic heterocycles. The van der Waals surface area contributed by atoms with Crippen LogP contribution in [0.5, 0.6) is 0 Å². The minimum absolute atomic E-state index is 0.0540. The summed E-state index contributed by atoms with van der Waals surface area (Å²) in [6.07, 6.45) is 0. The van der Waals surface area contributed by atoms with Crippen LogP contribution < -0.4 is 0 Å². The minimum Gasteiger partial charge on any atom is -0.289 e. The van der Waals surface area contributed by atoms with E-state index in [1.165, 1.54) is 0 Å². The Bertz CT molecular complexity index is 1250. The lowest BCUT2D eigenvalue weighted by molar-refractivity contribution is -0.467. The monoisotopic (exact) mass is 694 g/mol. The maximum absolute atomic E-state index is 14.9. The molecule has 0 saturated heterocycles. The Balaban J connectivity index is 2.56. The first-order valence-corrected chi connectivity index (χ1v) is 21.1. The van der Waals surface area contributed by atoms with Gasteiger partial charge in [-0.05, 0) is 123 Å². The number of fused-ring (bicyclic) bond motifs is 2. The molecule has 2 atom stereocenters. The van der Waals surface area contributed by atoms with E-state index in [-0.39, 0.29) is 59.9 Å². The highest BCUT2D eigenvalue weighted by Crippen LogP contribution is 2.65. The van der Waals surface area contributed by atoms with Crippen molar-refractivity contribution in [2.24, 2.45) is 5.22 Å². The van der Waals surface area contributed by atoms with Gasteiger partial charge in [-0.2, -0.15) is 0 Å². The molecule has 0 N–H and O–H groups in total. The fraction of sp³-hybridized carbons (Fsp3) is 0.765. The standard InChI is InChI=1S/C34H62N7O2P2S/c1-21(2)36(22(3)4)44(37(23(5)6)24(7)8)40-31-32(34(43)30-20-18-17-19-29(30)33(31)42)41(35-40)45(46,38(25(9)10)26(11)12)39(27(13)14)28(15)16/h17-28,31-32H,1-16H3/q+1. The topological polar surface area (TPSA) is 65.7 Å². The van der Waals surface area contributed by atoms with Crippen LogP contribution >= 0.6 is 14.9 Å². The van der Waals surface area contributed by atoms with Crippen LogP contribution in [0.3, 0.4) is 0 Å². The number of carbonyl (C=O) groups is 2. The summed E-state index contributed by atoms with van der Waals surface area (Å²) < 4.78 is 13.8. The number of hydrogen-bond donors (Lipinski definition) is 0. The van der Waals surface area contributed by atoms with Crippen LogP contribution in [0.1, 0.15) is 131 Å². The van der Waals surface area contributed by atoms with Gasteiger partial charge >= 0.3 is 0 Å². The Kier molecular flexibility index (Phi) is 13.0. The van der Waals surface area contributed by atoms with E-state index >= 15 is 0 Å². The number of benzene rings is 1. The third-order valence-electron chi connectivity index (χ3n) is 8.67. The summed E-state index contributed by atoms with van der Waals surface area (Å²) in [5.74, 6) is -0.126. The Morgan fingerprint density at radius 2 is 1.00 bits per heavy atom. The van der Waals surface area contributed by atoms with E-state index in [1.807, 2.05) is 16.6 Å². The minimum atomic E-state index is -2.98. The smallest absolute Gasteiger partial charge is 0.276 e. The van der Waals surface area contributed by atoms with Gasteiger partial charge in [0, 0.05) is 59.5 Å². The molecule has 46 heavy (non-hydrogen) atoms. The van der Waals surface area contributed by atoms with Crippen LogP contribution in [0.2, 0.25) is 0 Å². The molecule has 2 aliphatic rings. The fourth-order valence-corrected chi connectivity index (χ4v) is 17.1. The first kappa shape index (κ1) is 39.3. The summed E-state index contributed by atoms with van der Waals surface area (Å²) in [5, 5.41) is 5.56. The van der Waals surface area contributed by atoms with E-state index in [1.54, 1.807) is 12.1 Å². The van der Waals surface area contributed by atoms with Crippen molar-refractivity contribution in [1.29, 1.82) is 0 Å². The van der Waals surface area contributed by atoms with Crippen LogP contribution in [0.4, 0.5) is 0 Å². The van der Waals surface area contributed by atoms with Crippen LogP contribution in [0, 0.1) is 0 Å². The van der Waals surface area contributed by atoms with Crippen molar-refractivity contribution < 1.29 is 14.1 Å². The van der Waals surface area contributed by atoms with Crippen LogP contribution in [-0.2, 0) is 11.8 Å². The van der Waals surface area contributed by atoms with Crippen molar-refractivity contribution in [2.75, 3.05) is 0 Å². The van der Waals surface area contributed by atoms with Gasteiger partial charge in [0.05, 0.1) is 5.22 Å². The number of nitrogens with zero attached hydrogens (tertiary/aromatic N) is 7. The lowest BCUT2D eigenvalue weighted by Crippen LogP contribution is -2.56. The summed E-state index contributed by atoms with van der Waals surface area (Å²) in [4.78, 5) is 29.8. The van der Waals surface area contributed by atoms with Crippen molar-refractivity contribution in [3.05, 3.63) is 35.4 Å². The summed E-state index contributed by atoms with van der Waals surface area (Å²) >= 11 is 7.03. The van der Waals surface area contributed by atoms with E-state index in [0.717, 1.165) is 0 Å². The van der Waals surface area contributed by atoms with Gasteiger partial charge in [0.1, 0.15) is 0 Å². The average molecular weight is 695 g/mol. The zero-order chi connectivity index (χ0) is 35.2. The summed E-state index contributed by atoms with van der Waals surface area (Å²) in [5.41, 5.74) is 0.951. The summed E-state index contributed by atoms with van der Waals surface area (Å²) in [6, 6.07) is 6.71. The lowest BCUT2D eigenvalue weighted by atomic mass is 9.83. The highest BCUT2D eigenvalue weighted by atomic mass is 32.4. The van der Waals surface area contributed by atoms with E-state index in [4.69, 9.17) is 17.0 Å². The highest BCUT2D eigenvalue weighted by Gasteiger charge is 2.66. The largest absolute Gasteiger partial charge is 0.289 e. The molecule has 9 nitrogen and oxygen atoms in total. The normalized spacial score (nSPS) is 19.5. The van der Waals surface area contributed by atoms with Gasteiger partial charge in [-0.1, -0.05) is 24.3 Å². The summed E-state index contributed by atoms with van der Waals surface area (Å²) in [6.45, 7) is 32.2. The van der Waals surface area contributed by atoms with Gasteiger partial charge in [0.15, 0.2) is 0 Å². The third kappa shape index (κ3) is 6.97. The molecule has 1 heterocycles. The number of hydrogen-bond acceptors (Lipinski definition) is 7. The predicted octanol–water partition coefficient (Wildman–Crippen LogP) is 8.42. The van der Waals surface area contributed by atoms with Gasteiger partial charge in [-0.3, -0.25) is 9.59 Å². The number of ketones is 2. The van der Waals surface area contributed by atoms with Gasteiger partial charge < -0.3 is 0 Å². The Morgan fingerprint density at radius 1 is 0.652 bits per heavy atom. The molecular weight excluding hydrogens is 632 g/mol. The van der Waals surface area contributed by atoms with Crippen molar-refractivity contribution in [3.63, 3.8) is 0 Å². The molecule has 0 radical (unpaired) electrons. The first-order chi connectivity index (χ1) is 21.2. The van der Waals surface area contributed by atoms with Gasteiger partial charge in [0.2, 0.25) is 23.7 Å². The van der Waals surface area contributed by atoms with Crippen molar-refractivity contribution in [1.82, 2.24) is 23.5 Å². The van der Waals surface area contributed by atoms with Crippen LogP contribution in [0.25, 0.3) is 0 Å². The van der Waals surface area contributed by atoms with Crippen molar-refractivity contribution >= 4 is 38.2 Å². The van der Waals surface area contributed by atoms with E-state index in [0.29, 0.717) is 11.1 Å². The first-order valence-electron chi connectivity index (χ1n) is 17.2. The Labute approximate surface area is 286 Å². The SMILES string of the molecule is CC(C)N(C(C)C)P(N1N=[N+](P(=S)(N(C(C)C)C(C)C)N(C(C)C)C(C)C)C2C(=O)c3ccccc3C(=O)C21)N(C(C)C)C(C)C. The molecule has 0 fully saturated rings. The fourth-order valence-electron chi connectivity index (χ4n) is 7.62. The Morgan fingerprint density at radius 3 is 1.33 bits per heavy atom. The van der Waals surface area contributed by atoms with Crippen LogP contribution in [0.15, 0.2) is 29.5 Å². The zero-order valence-electron chi connectivity index (χ0n) is 31.3. The van der Waals surface area contributed by atoms with Gasteiger partial charge in [0.25, 0.3) is 14.9 Å². The van der Waals surface area contributed by atoms with Crippen molar-refractivity contribution in [2.45, 2.75) is 171 Å². The predicted molar refractivity (Wildman–Crippen MR) is 197 cm³/mol. The van der Waals surface area contributed by atoms with Gasteiger partial charge in [-0.25, -0.2) is 18.7 Å². The second kappa shape index (κ2) is 15.2. The highest BCUT2D eigenvalue weighted by molar-refractivity contribution is 8.09. The number of rotatable bonds is 14. The zero-order valence-corrected chi connectivity index (χ0v) is 33.9. The van der Waals surface area contributed by atoms with E-state index < -0.39 is 26.9 Å². The lowest BCUT2D eigenvalue weighted by Gasteiger charge is -2.47. The second-order valence-electron chi connectivity index (χ2n) is 14.9. The molecule has 2 unspecified atom stereocenters. The molecule has 0 saturated carbocycles. The van der Waals surface area contributed by atoms with E-state index in [9.17, 15) is 9.59 Å². The quantitative estimate of drug-likeness (QED) is 0.180. The molecule has 260 valence electrons. The summed E-state index contributed by atoms with van der Waals surface area (Å²) in [7, 11) is -1.35. The average Bonchev–Trinajstić information content (AvgIpc) is 3.31. The molecule has 1 aromatic carbocycles. The van der Waals surface area contributed by atoms with Crippen LogP contribution in [-0.4, -0.2) is 99.9 Å². The molecule has 12 heteroatoms. The maximum Gasteiger partial charge on any atom is 0.276 e. The van der Waals surface area contributed by atoms with Crippen molar-refractivity contribution in [3.8, 4) is 0 Å². The molecule has 1 aliphatic carbocycles. The third-order valence-corrected chi connectivity index (χ3v) is 17.6. The molecule has 1 aromatic rings. The maximum atomic E-state index is 14.9. The molecular formula is C34H62N7O2P2S+. The number of carbonyl (C=O) groups excluding carboxylic acids is 2. The molecule has 0 aromatic heterocycles. The molecule has 0 bridgehead atoms. The Hall–Kier alpha value is -1.12. The molecule has 0 spiro atoms. The number of Topliss-reactive ketones (excluding diaryl/α,β-unsaturated/α-hetero) is 2. The molecule has 3 rings (SSSR count). The molecule has 0 amide bonds. The second-order valence-corrected chi connectivity index (χ2v) is 20.6. The van der Waals surface area contributed by atoms with Gasteiger partial charge in [-0.15, -0.1) is 9.25 Å². The van der Waals surface area contributed by atoms with E-state index in [2.05, 4.69) is 134 Å².